The zero-order valence-electron chi connectivity index (χ0n) is 8.59. The van der Waals surface area contributed by atoms with Crippen molar-refractivity contribution in [3.63, 3.8) is 0 Å². The van der Waals surface area contributed by atoms with E-state index < -0.39 is 0 Å². The molecule has 1 aliphatic rings. The van der Waals surface area contributed by atoms with Crippen LogP contribution in [0.15, 0.2) is 43.0 Å². The third-order valence-corrected chi connectivity index (χ3v) is 3.08. The summed E-state index contributed by atoms with van der Waals surface area (Å²) in [6.07, 6.45) is 1.09. The minimum absolute atomic E-state index is 1.000. The van der Waals surface area contributed by atoms with Gasteiger partial charge in [0.2, 0.25) is 0 Å². The molecule has 1 N–H and O–H groups in total. The summed E-state index contributed by atoms with van der Waals surface area (Å²) in [5, 5.41) is 6.01. The molecule has 2 aromatic carbocycles. The van der Waals surface area contributed by atoms with Crippen molar-refractivity contribution in [3.05, 3.63) is 54.1 Å². The Bertz CT molecular complexity index is 540. The van der Waals surface area contributed by atoms with Crippen LogP contribution in [0.1, 0.15) is 11.1 Å². The van der Waals surface area contributed by atoms with Crippen molar-refractivity contribution >= 4 is 16.5 Å². The van der Waals surface area contributed by atoms with Crippen molar-refractivity contribution in [2.45, 2.75) is 6.42 Å². The molecule has 0 saturated carbocycles. The summed E-state index contributed by atoms with van der Waals surface area (Å²) in [7, 11) is 0. The van der Waals surface area contributed by atoms with Crippen LogP contribution >= 0.6 is 0 Å². The molecule has 0 radical (unpaired) electrons. The Hall–Kier alpha value is -1.76. The molecule has 1 heteroatoms. The van der Waals surface area contributed by atoms with Crippen molar-refractivity contribution in [1.29, 1.82) is 0 Å². The largest absolute Gasteiger partial charge is 0.385 e. The van der Waals surface area contributed by atoms with Crippen LogP contribution in [0.3, 0.4) is 0 Å². The lowest BCUT2D eigenvalue weighted by Crippen LogP contribution is -2.22. The predicted octanol–water partition coefficient (Wildman–Crippen LogP) is 2.96. The zero-order valence-corrected chi connectivity index (χ0v) is 8.59. The first-order valence-corrected chi connectivity index (χ1v) is 5.30. The maximum atomic E-state index is 4.05. The van der Waals surface area contributed by atoms with Crippen molar-refractivity contribution in [3.8, 4) is 0 Å². The summed E-state index contributed by atoms with van der Waals surface area (Å²) in [6.45, 7) is 5.05. The van der Waals surface area contributed by atoms with E-state index in [1.54, 1.807) is 0 Å². The van der Waals surface area contributed by atoms with E-state index in [9.17, 15) is 0 Å². The highest BCUT2D eigenvalue weighted by Gasteiger charge is 2.13. The van der Waals surface area contributed by atoms with Gasteiger partial charge in [0, 0.05) is 17.8 Å². The molecule has 15 heavy (non-hydrogen) atoms. The lowest BCUT2D eigenvalue weighted by atomic mass is 9.93. The second-order valence-corrected chi connectivity index (χ2v) is 3.97. The Morgan fingerprint density at radius 3 is 2.87 bits per heavy atom. The third-order valence-electron chi connectivity index (χ3n) is 3.08. The Labute approximate surface area is 89.4 Å². The molecule has 0 bridgehead atoms. The van der Waals surface area contributed by atoms with Gasteiger partial charge in [-0.2, -0.15) is 0 Å². The predicted molar refractivity (Wildman–Crippen MR) is 64.7 cm³/mol. The molecule has 0 saturated heterocycles. The van der Waals surface area contributed by atoms with E-state index in [0.29, 0.717) is 0 Å². The number of rotatable bonds is 0. The summed E-state index contributed by atoms with van der Waals surface area (Å²) in [6, 6.07) is 12.9. The molecule has 0 fully saturated rings. The van der Waals surface area contributed by atoms with E-state index in [-0.39, 0.29) is 0 Å². The summed E-state index contributed by atoms with van der Waals surface area (Å²) in [5.41, 5.74) is 3.78. The van der Waals surface area contributed by atoms with Gasteiger partial charge in [0.25, 0.3) is 0 Å². The van der Waals surface area contributed by atoms with Gasteiger partial charge in [0.05, 0.1) is 0 Å². The molecule has 2 aromatic rings. The minimum atomic E-state index is 1.000. The number of nitrogens with one attached hydrogen (secondary N) is 1. The monoisotopic (exact) mass is 195 g/mol. The maximum absolute atomic E-state index is 4.05. The molecule has 0 spiro atoms. The van der Waals surface area contributed by atoms with Gasteiger partial charge in [-0.1, -0.05) is 43.0 Å². The molecule has 0 unspecified atom stereocenters. The highest BCUT2D eigenvalue weighted by molar-refractivity contribution is 5.90. The maximum Gasteiger partial charge on any atom is 0.0343 e. The Morgan fingerprint density at radius 2 is 1.93 bits per heavy atom. The lowest BCUT2D eigenvalue weighted by Gasteiger charge is -2.21. The second-order valence-electron chi connectivity index (χ2n) is 3.97. The van der Waals surface area contributed by atoms with Gasteiger partial charge in [0.1, 0.15) is 0 Å². The first-order chi connectivity index (χ1) is 7.36. The van der Waals surface area contributed by atoms with Crippen molar-refractivity contribution < 1.29 is 0 Å². The van der Waals surface area contributed by atoms with E-state index in [0.717, 1.165) is 18.7 Å². The molecule has 0 amide bonds. The van der Waals surface area contributed by atoms with Crippen molar-refractivity contribution in [1.82, 2.24) is 5.32 Å². The van der Waals surface area contributed by atoms with Gasteiger partial charge in [-0.3, -0.25) is 0 Å². The summed E-state index contributed by atoms with van der Waals surface area (Å²) < 4.78 is 0. The first kappa shape index (κ1) is 8.54. The first-order valence-electron chi connectivity index (χ1n) is 5.30. The average Bonchev–Trinajstić information content (AvgIpc) is 2.29. The SMILES string of the molecule is C=C1NCCc2c1ccc1ccccc21. The molecular formula is C14H13N. The fourth-order valence-electron chi connectivity index (χ4n) is 2.32. The van der Waals surface area contributed by atoms with Gasteiger partial charge >= 0.3 is 0 Å². The normalized spacial score (nSPS) is 14.8. The molecule has 1 heterocycles. The number of hydrogen-bond acceptors (Lipinski definition) is 1. The quantitative estimate of drug-likeness (QED) is 0.681. The van der Waals surface area contributed by atoms with Crippen LogP contribution < -0.4 is 5.32 Å². The summed E-state index contributed by atoms with van der Waals surface area (Å²) in [4.78, 5) is 0. The Morgan fingerprint density at radius 1 is 1.07 bits per heavy atom. The van der Waals surface area contributed by atoms with Crippen LogP contribution in [0.4, 0.5) is 0 Å². The molecule has 3 rings (SSSR count). The van der Waals surface area contributed by atoms with Crippen LogP contribution in [-0.4, -0.2) is 6.54 Å². The molecule has 74 valence electrons. The molecule has 1 nitrogen and oxygen atoms in total. The fourth-order valence-corrected chi connectivity index (χ4v) is 2.32. The highest BCUT2D eigenvalue weighted by Crippen LogP contribution is 2.28. The topological polar surface area (TPSA) is 12.0 Å². The standard InChI is InChI=1S/C14H13N/c1-10-12-7-6-11-4-2-3-5-13(11)14(12)8-9-15-10/h2-7,15H,1,8-9H2. The summed E-state index contributed by atoms with van der Waals surface area (Å²) in [5.74, 6) is 0. The number of hydrogen-bond donors (Lipinski definition) is 1. The smallest absolute Gasteiger partial charge is 0.0343 e. The van der Waals surface area contributed by atoms with Crippen molar-refractivity contribution in [2.75, 3.05) is 6.54 Å². The van der Waals surface area contributed by atoms with E-state index in [2.05, 4.69) is 48.3 Å². The number of fused-ring (bicyclic) bond motifs is 3. The Balaban J connectivity index is 2.38. The molecule has 1 aliphatic heterocycles. The fraction of sp³-hybridized carbons (Fsp3) is 0.143. The number of benzene rings is 2. The van der Waals surface area contributed by atoms with Gasteiger partial charge < -0.3 is 5.32 Å². The molecule has 0 aromatic heterocycles. The van der Waals surface area contributed by atoms with E-state index in [1.807, 2.05) is 0 Å². The van der Waals surface area contributed by atoms with E-state index >= 15 is 0 Å². The second kappa shape index (κ2) is 3.13. The lowest BCUT2D eigenvalue weighted by molar-refractivity contribution is 0.821. The van der Waals surface area contributed by atoms with Gasteiger partial charge in [0.15, 0.2) is 0 Å². The van der Waals surface area contributed by atoms with Crippen LogP contribution in [0.5, 0.6) is 0 Å². The zero-order chi connectivity index (χ0) is 10.3. The van der Waals surface area contributed by atoms with E-state index in [1.165, 1.54) is 21.9 Å². The molecule has 0 atom stereocenters. The Kier molecular flexibility index (Phi) is 1.78. The van der Waals surface area contributed by atoms with E-state index in [4.69, 9.17) is 0 Å². The summed E-state index contributed by atoms with van der Waals surface area (Å²) >= 11 is 0. The van der Waals surface area contributed by atoms with Crippen molar-refractivity contribution in [2.24, 2.45) is 0 Å². The van der Waals surface area contributed by atoms with Crippen LogP contribution in [-0.2, 0) is 6.42 Å². The molecular weight excluding hydrogens is 182 g/mol. The van der Waals surface area contributed by atoms with Gasteiger partial charge in [-0.25, -0.2) is 0 Å². The van der Waals surface area contributed by atoms with Gasteiger partial charge in [-0.05, 0) is 22.8 Å². The third kappa shape index (κ3) is 1.23. The highest BCUT2D eigenvalue weighted by atomic mass is 14.9. The average molecular weight is 195 g/mol. The van der Waals surface area contributed by atoms with Crippen LogP contribution in [0, 0.1) is 0 Å². The van der Waals surface area contributed by atoms with Crippen LogP contribution in [0.25, 0.3) is 16.5 Å². The molecule has 0 aliphatic carbocycles. The minimum Gasteiger partial charge on any atom is -0.385 e. The van der Waals surface area contributed by atoms with Gasteiger partial charge in [-0.15, -0.1) is 0 Å². The van der Waals surface area contributed by atoms with Crippen LogP contribution in [0.2, 0.25) is 0 Å².